The van der Waals surface area contributed by atoms with E-state index in [1.165, 1.54) is 16.4 Å². The fraction of sp³-hybridized carbons (Fsp3) is 0.462. The number of sulfonamides is 1. The van der Waals surface area contributed by atoms with Gasteiger partial charge in [0.1, 0.15) is 5.82 Å². The number of likely N-dealkylation sites (tertiary alicyclic amines) is 1. The molecule has 0 radical (unpaired) electrons. The van der Waals surface area contributed by atoms with Crippen molar-refractivity contribution in [2.45, 2.75) is 50.3 Å². The number of piperidine rings is 2. The van der Waals surface area contributed by atoms with Crippen molar-refractivity contribution in [1.82, 2.24) is 18.8 Å². The van der Waals surface area contributed by atoms with Gasteiger partial charge >= 0.3 is 0 Å². The fourth-order valence-electron chi connectivity index (χ4n) is 5.22. The number of nitrogens with zero attached hydrogens (tertiary/aromatic N) is 4. The van der Waals surface area contributed by atoms with E-state index in [2.05, 4.69) is 12.0 Å². The molecule has 0 atom stereocenters. The predicted octanol–water partition coefficient (Wildman–Crippen LogP) is 4.22. The van der Waals surface area contributed by atoms with E-state index < -0.39 is 15.8 Å². The summed E-state index contributed by atoms with van der Waals surface area (Å²) in [7, 11) is -3.75. The SMILES string of the molecule is Cc1ccc(F)cc1S(=O)(=O)N1CCC(c2ccn3ncc(C(=O)N4CCC(C)CC4)c3c2)CC1. The molecule has 7 nitrogen and oxygen atoms in total. The summed E-state index contributed by atoms with van der Waals surface area (Å²) >= 11 is 0. The van der Waals surface area contributed by atoms with Crippen molar-refractivity contribution in [2.75, 3.05) is 26.2 Å². The molecule has 2 fully saturated rings. The highest BCUT2D eigenvalue weighted by atomic mass is 32.2. The number of fused-ring (bicyclic) bond motifs is 1. The molecule has 9 heteroatoms. The quantitative estimate of drug-likeness (QED) is 0.540. The lowest BCUT2D eigenvalue weighted by Crippen LogP contribution is -2.38. The number of amides is 1. The van der Waals surface area contributed by atoms with Gasteiger partial charge in [0.15, 0.2) is 0 Å². The number of aryl methyl sites for hydroxylation is 1. The number of hydrogen-bond donors (Lipinski definition) is 0. The minimum absolute atomic E-state index is 0.0235. The second kappa shape index (κ2) is 9.35. The van der Waals surface area contributed by atoms with Gasteiger partial charge in [-0.3, -0.25) is 4.79 Å². The van der Waals surface area contributed by atoms with Crippen molar-refractivity contribution < 1.29 is 17.6 Å². The molecule has 0 saturated carbocycles. The average molecular weight is 499 g/mol. The van der Waals surface area contributed by atoms with Crippen LogP contribution in [0.25, 0.3) is 5.52 Å². The van der Waals surface area contributed by atoms with E-state index in [0.29, 0.717) is 43.0 Å². The number of hydrogen-bond acceptors (Lipinski definition) is 4. The van der Waals surface area contributed by atoms with Crippen LogP contribution in [-0.2, 0) is 10.0 Å². The zero-order chi connectivity index (χ0) is 24.7. The van der Waals surface area contributed by atoms with Gasteiger partial charge in [-0.15, -0.1) is 0 Å². The smallest absolute Gasteiger partial charge is 0.257 e. The molecule has 35 heavy (non-hydrogen) atoms. The Morgan fingerprint density at radius 3 is 2.46 bits per heavy atom. The first-order chi connectivity index (χ1) is 16.7. The standard InChI is InChI=1S/C26H31FN4O3S/c1-18-5-10-29(11-6-18)26(32)23-17-28-31-14-9-21(15-24(23)31)20-7-12-30(13-8-20)35(33,34)25-16-22(27)4-3-19(25)2/h3-4,9,14-18,20H,5-8,10-13H2,1-2H3. The van der Waals surface area contributed by atoms with E-state index in [0.717, 1.165) is 43.1 Å². The molecule has 2 aliphatic rings. The number of pyridine rings is 1. The summed E-state index contributed by atoms with van der Waals surface area (Å²) in [6, 6.07) is 7.91. The minimum Gasteiger partial charge on any atom is -0.339 e. The normalized spacial score (nSPS) is 18.9. The van der Waals surface area contributed by atoms with Crippen LogP contribution in [0.15, 0.2) is 47.6 Å². The molecule has 0 N–H and O–H groups in total. The Morgan fingerprint density at radius 1 is 1.03 bits per heavy atom. The average Bonchev–Trinajstić information content (AvgIpc) is 3.29. The number of carbonyl (C=O) groups is 1. The molecule has 186 valence electrons. The molecule has 4 heterocycles. The van der Waals surface area contributed by atoms with Crippen molar-refractivity contribution in [3.8, 4) is 0 Å². The maximum absolute atomic E-state index is 13.7. The van der Waals surface area contributed by atoms with Crippen LogP contribution in [0, 0.1) is 18.7 Å². The first kappa shape index (κ1) is 23.9. The second-order valence-electron chi connectivity index (χ2n) is 9.91. The van der Waals surface area contributed by atoms with E-state index in [4.69, 9.17) is 0 Å². The summed E-state index contributed by atoms with van der Waals surface area (Å²) in [5.41, 5.74) is 3.03. The van der Waals surface area contributed by atoms with Crippen LogP contribution in [0.3, 0.4) is 0 Å². The lowest BCUT2D eigenvalue weighted by atomic mass is 9.90. The Labute approximate surface area is 205 Å². The maximum Gasteiger partial charge on any atom is 0.257 e. The van der Waals surface area contributed by atoms with Crippen molar-refractivity contribution in [3.63, 3.8) is 0 Å². The van der Waals surface area contributed by atoms with E-state index in [-0.39, 0.29) is 16.7 Å². The Balaban J connectivity index is 1.33. The number of aromatic nitrogens is 2. The molecular formula is C26H31FN4O3S. The van der Waals surface area contributed by atoms with E-state index in [1.807, 2.05) is 23.2 Å². The van der Waals surface area contributed by atoms with Crippen LogP contribution in [-0.4, -0.2) is 59.3 Å². The van der Waals surface area contributed by atoms with Crippen molar-refractivity contribution in [2.24, 2.45) is 5.92 Å². The van der Waals surface area contributed by atoms with Gasteiger partial charge in [0, 0.05) is 32.4 Å². The number of halogens is 1. The zero-order valence-corrected chi connectivity index (χ0v) is 21.0. The molecule has 0 spiro atoms. The molecule has 2 saturated heterocycles. The van der Waals surface area contributed by atoms with E-state index in [1.54, 1.807) is 17.6 Å². The molecule has 2 aromatic heterocycles. The third kappa shape index (κ3) is 4.59. The van der Waals surface area contributed by atoms with Crippen molar-refractivity contribution in [3.05, 3.63) is 65.2 Å². The number of rotatable bonds is 4. The van der Waals surface area contributed by atoms with Crippen molar-refractivity contribution >= 4 is 21.4 Å². The Bertz CT molecular complexity index is 1350. The molecule has 3 aromatic rings. The molecule has 0 aliphatic carbocycles. The van der Waals surface area contributed by atoms with E-state index >= 15 is 0 Å². The van der Waals surface area contributed by atoms with Crippen LogP contribution >= 0.6 is 0 Å². The van der Waals surface area contributed by atoms with Crippen molar-refractivity contribution in [1.29, 1.82) is 0 Å². The molecular weight excluding hydrogens is 467 g/mol. The summed E-state index contributed by atoms with van der Waals surface area (Å²) in [6.45, 7) is 6.18. The minimum atomic E-state index is -3.75. The Kier molecular flexibility index (Phi) is 6.40. The van der Waals surface area contributed by atoms with Gasteiger partial charge in [0.2, 0.25) is 10.0 Å². The molecule has 2 aliphatic heterocycles. The number of benzene rings is 1. The first-order valence-corrected chi connectivity index (χ1v) is 13.7. The van der Waals surface area contributed by atoms with Gasteiger partial charge in [0.05, 0.1) is 22.2 Å². The highest BCUT2D eigenvalue weighted by molar-refractivity contribution is 7.89. The lowest BCUT2D eigenvalue weighted by Gasteiger charge is -2.32. The summed E-state index contributed by atoms with van der Waals surface area (Å²) < 4.78 is 43.2. The largest absolute Gasteiger partial charge is 0.339 e. The van der Waals surface area contributed by atoms with Crippen LogP contribution in [0.4, 0.5) is 4.39 Å². The summed E-state index contributed by atoms with van der Waals surface area (Å²) in [4.78, 5) is 15.1. The van der Waals surface area contributed by atoms with Crippen LogP contribution < -0.4 is 0 Å². The molecule has 0 bridgehead atoms. The summed E-state index contributed by atoms with van der Waals surface area (Å²) in [5, 5.41) is 4.38. The van der Waals surface area contributed by atoms with Crippen LogP contribution in [0.2, 0.25) is 0 Å². The zero-order valence-electron chi connectivity index (χ0n) is 20.2. The van der Waals surface area contributed by atoms with Gasteiger partial charge in [-0.25, -0.2) is 17.3 Å². The second-order valence-corrected chi connectivity index (χ2v) is 11.8. The number of carbonyl (C=O) groups excluding carboxylic acids is 1. The first-order valence-electron chi connectivity index (χ1n) is 12.3. The third-order valence-corrected chi connectivity index (χ3v) is 9.58. The fourth-order valence-corrected chi connectivity index (χ4v) is 6.92. The molecule has 1 aromatic carbocycles. The molecule has 0 unspecified atom stereocenters. The van der Waals surface area contributed by atoms with Crippen LogP contribution in [0.5, 0.6) is 0 Å². The predicted molar refractivity (Wildman–Crippen MR) is 131 cm³/mol. The van der Waals surface area contributed by atoms with Crippen LogP contribution in [0.1, 0.15) is 60.0 Å². The molecule has 5 rings (SSSR count). The monoisotopic (exact) mass is 498 g/mol. The van der Waals surface area contributed by atoms with Gasteiger partial charge in [-0.2, -0.15) is 9.40 Å². The van der Waals surface area contributed by atoms with Gasteiger partial charge in [-0.05, 0) is 79.8 Å². The van der Waals surface area contributed by atoms with E-state index in [9.17, 15) is 17.6 Å². The maximum atomic E-state index is 13.7. The summed E-state index contributed by atoms with van der Waals surface area (Å²) in [5.74, 6) is 0.292. The Hall–Kier alpha value is -2.78. The third-order valence-electron chi connectivity index (χ3n) is 7.54. The summed E-state index contributed by atoms with van der Waals surface area (Å²) in [6.07, 6.45) is 6.88. The van der Waals surface area contributed by atoms with Gasteiger partial charge < -0.3 is 4.90 Å². The van der Waals surface area contributed by atoms with Gasteiger partial charge in [0.25, 0.3) is 5.91 Å². The molecule has 1 amide bonds. The Morgan fingerprint density at radius 2 is 1.74 bits per heavy atom. The van der Waals surface area contributed by atoms with Gasteiger partial charge in [-0.1, -0.05) is 13.0 Å². The topological polar surface area (TPSA) is 75.0 Å². The lowest BCUT2D eigenvalue weighted by molar-refractivity contribution is 0.0699. The highest BCUT2D eigenvalue weighted by Gasteiger charge is 2.32. The highest BCUT2D eigenvalue weighted by Crippen LogP contribution is 2.33.